The van der Waals surface area contributed by atoms with Crippen LogP contribution >= 0.6 is 11.8 Å². The smallest absolute Gasteiger partial charge is 0.0221 e. The topological polar surface area (TPSA) is 15.3 Å². The van der Waals surface area contributed by atoms with Crippen molar-refractivity contribution < 1.29 is 0 Å². The van der Waals surface area contributed by atoms with E-state index in [0.717, 1.165) is 18.8 Å². The molecule has 0 spiro atoms. The maximum atomic E-state index is 3.55. The first kappa shape index (κ1) is 15.5. The SMILES string of the molecule is CN(C)CCSc1ccccc1CNC(C)(C)C. The molecule has 0 aliphatic rings. The van der Waals surface area contributed by atoms with E-state index in [1.165, 1.54) is 10.5 Å². The standard InChI is InChI=1S/C15H26N2S/c1-15(2,3)16-12-13-8-6-7-9-14(13)18-11-10-17(4)5/h6-9,16H,10-12H2,1-5H3. The van der Waals surface area contributed by atoms with Crippen LogP contribution in [0.3, 0.4) is 0 Å². The highest BCUT2D eigenvalue weighted by atomic mass is 32.2. The second-order valence-corrected chi connectivity index (χ2v) is 7.00. The average Bonchev–Trinajstić information content (AvgIpc) is 2.26. The fourth-order valence-corrected chi connectivity index (χ4v) is 2.67. The van der Waals surface area contributed by atoms with Crippen LogP contribution < -0.4 is 5.32 Å². The predicted octanol–water partition coefficient (Wildman–Crippen LogP) is 3.23. The Balaban J connectivity index is 2.56. The lowest BCUT2D eigenvalue weighted by Gasteiger charge is -2.21. The summed E-state index contributed by atoms with van der Waals surface area (Å²) in [6, 6.07) is 8.69. The van der Waals surface area contributed by atoms with Crippen molar-refractivity contribution >= 4 is 11.8 Å². The van der Waals surface area contributed by atoms with Gasteiger partial charge >= 0.3 is 0 Å². The van der Waals surface area contributed by atoms with Gasteiger partial charge in [-0.15, -0.1) is 11.8 Å². The summed E-state index contributed by atoms with van der Waals surface area (Å²) in [6.45, 7) is 8.67. The maximum absolute atomic E-state index is 3.55. The molecular formula is C15H26N2S. The van der Waals surface area contributed by atoms with E-state index >= 15 is 0 Å². The summed E-state index contributed by atoms with van der Waals surface area (Å²) in [6.07, 6.45) is 0. The van der Waals surface area contributed by atoms with E-state index in [9.17, 15) is 0 Å². The van der Waals surface area contributed by atoms with Crippen molar-refractivity contribution in [2.75, 3.05) is 26.4 Å². The van der Waals surface area contributed by atoms with Crippen LogP contribution in [-0.2, 0) is 6.54 Å². The normalized spacial score (nSPS) is 12.1. The van der Waals surface area contributed by atoms with Crippen LogP contribution in [0.2, 0.25) is 0 Å². The molecule has 0 saturated heterocycles. The molecule has 0 aromatic heterocycles. The molecule has 0 unspecified atom stereocenters. The zero-order valence-corrected chi connectivity index (χ0v) is 13.1. The van der Waals surface area contributed by atoms with Gasteiger partial charge in [-0.3, -0.25) is 0 Å². The van der Waals surface area contributed by atoms with Gasteiger partial charge in [-0.25, -0.2) is 0 Å². The summed E-state index contributed by atoms with van der Waals surface area (Å²) >= 11 is 1.94. The lowest BCUT2D eigenvalue weighted by Crippen LogP contribution is -2.35. The van der Waals surface area contributed by atoms with Crippen LogP contribution in [0.25, 0.3) is 0 Å². The fraction of sp³-hybridized carbons (Fsp3) is 0.600. The summed E-state index contributed by atoms with van der Waals surface area (Å²) in [5.41, 5.74) is 1.57. The van der Waals surface area contributed by atoms with Crippen LogP contribution in [0.1, 0.15) is 26.3 Å². The third-order valence-electron chi connectivity index (χ3n) is 2.58. The first-order valence-electron chi connectivity index (χ1n) is 6.49. The number of hydrogen-bond donors (Lipinski definition) is 1. The number of hydrogen-bond acceptors (Lipinski definition) is 3. The van der Waals surface area contributed by atoms with Crippen LogP contribution in [0.15, 0.2) is 29.2 Å². The van der Waals surface area contributed by atoms with Crippen molar-refractivity contribution in [3.05, 3.63) is 29.8 Å². The fourth-order valence-electron chi connectivity index (χ4n) is 1.49. The molecule has 1 aromatic rings. The predicted molar refractivity (Wildman–Crippen MR) is 82.3 cm³/mol. The van der Waals surface area contributed by atoms with E-state index in [1.807, 2.05) is 11.8 Å². The third kappa shape index (κ3) is 6.43. The molecule has 0 fully saturated rings. The van der Waals surface area contributed by atoms with Gasteiger partial charge in [-0.05, 0) is 46.5 Å². The molecule has 1 N–H and O–H groups in total. The largest absolute Gasteiger partial charge is 0.309 e. The van der Waals surface area contributed by atoms with Crippen LogP contribution in [0.4, 0.5) is 0 Å². The molecule has 3 heteroatoms. The maximum Gasteiger partial charge on any atom is 0.0221 e. The third-order valence-corrected chi connectivity index (χ3v) is 3.67. The van der Waals surface area contributed by atoms with E-state index < -0.39 is 0 Å². The highest BCUT2D eigenvalue weighted by Gasteiger charge is 2.10. The Morgan fingerprint density at radius 1 is 1.17 bits per heavy atom. The van der Waals surface area contributed by atoms with Gasteiger partial charge in [0.05, 0.1) is 0 Å². The van der Waals surface area contributed by atoms with Crippen molar-refractivity contribution in [2.24, 2.45) is 0 Å². The van der Waals surface area contributed by atoms with E-state index in [1.54, 1.807) is 0 Å². The molecule has 102 valence electrons. The number of nitrogens with zero attached hydrogens (tertiary/aromatic N) is 1. The quantitative estimate of drug-likeness (QED) is 0.796. The number of benzene rings is 1. The number of nitrogens with one attached hydrogen (secondary N) is 1. The molecule has 0 aliphatic heterocycles. The highest BCUT2D eigenvalue weighted by Crippen LogP contribution is 2.22. The Hall–Kier alpha value is -0.510. The number of thioether (sulfide) groups is 1. The first-order valence-corrected chi connectivity index (χ1v) is 7.47. The van der Waals surface area contributed by atoms with Crippen LogP contribution in [0.5, 0.6) is 0 Å². The lowest BCUT2D eigenvalue weighted by atomic mass is 10.1. The summed E-state index contributed by atoms with van der Waals surface area (Å²) in [5, 5.41) is 3.55. The Bertz CT molecular complexity index is 356. The van der Waals surface area contributed by atoms with Gasteiger partial charge in [0.15, 0.2) is 0 Å². The zero-order valence-electron chi connectivity index (χ0n) is 12.3. The van der Waals surface area contributed by atoms with E-state index in [0.29, 0.717) is 0 Å². The summed E-state index contributed by atoms with van der Waals surface area (Å²) in [7, 11) is 4.24. The van der Waals surface area contributed by atoms with Gasteiger partial charge in [0.25, 0.3) is 0 Å². The zero-order chi connectivity index (χ0) is 13.6. The van der Waals surface area contributed by atoms with Gasteiger partial charge in [-0.2, -0.15) is 0 Å². The molecule has 0 bridgehead atoms. The second kappa shape index (κ2) is 7.17. The van der Waals surface area contributed by atoms with Gasteiger partial charge in [0.2, 0.25) is 0 Å². The molecule has 2 nitrogen and oxygen atoms in total. The monoisotopic (exact) mass is 266 g/mol. The van der Waals surface area contributed by atoms with Crippen LogP contribution in [-0.4, -0.2) is 36.8 Å². The summed E-state index contributed by atoms with van der Waals surface area (Å²) in [4.78, 5) is 3.62. The second-order valence-electron chi connectivity index (χ2n) is 5.86. The van der Waals surface area contributed by atoms with Crippen molar-refractivity contribution in [1.29, 1.82) is 0 Å². The Kier molecular flexibility index (Phi) is 6.19. The van der Waals surface area contributed by atoms with Crippen LogP contribution in [0, 0.1) is 0 Å². The van der Waals surface area contributed by atoms with Crippen molar-refractivity contribution in [2.45, 2.75) is 37.8 Å². The molecule has 0 atom stereocenters. The van der Waals surface area contributed by atoms with Gasteiger partial charge < -0.3 is 10.2 Å². The Morgan fingerprint density at radius 3 is 2.44 bits per heavy atom. The molecule has 0 heterocycles. The summed E-state index contributed by atoms with van der Waals surface area (Å²) in [5.74, 6) is 1.14. The van der Waals surface area contributed by atoms with Crippen molar-refractivity contribution in [3.8, 4) is 0 Å². The molecule has 0 amide bonds. The molecule has 0 aliphatic carbocycles. The Labute approximate surface area is 116 Å². The minimum absolute atomic E-state index is 0.168. The molecular weight excluding hydrogens is 240 g/mol. The minimum Gasteiger partial charge on any atom is -0.309 e. The average molecular weight is 266 g/mol. The Morgan fingerprint density at radius 2 is 1.83 bits per heavy atom. The van der Waals surface area contributed by atoms with Gasteiger partial charge in [-0.1, -0.05) is 18.2 Å². The molecule has 0 radical (unpaired) electrons. The van der Waals surface area contributed by atoms with Crippen molar-refractivity contribution in [3.63, 3.8) is 0 Å². The lowest BCUT2D eigenvalue weighted by molar-refractivity contribution is 0.422. The van der Waals surface area contributed by atoms with Gasteiger partial charge in [0, 0.05) is 29.3 Å². The van der Waals surface area contributed by atoms with Crippen molar-refractivity contribution in [1.82, 2.24) is 10.2 Å². The highest BCUT2D eigenvalue weighted by molar-refractivity contribution is 7.99. The minimum atomic E-state index is 0.168. The first-order chi connectivity index (χ1) is 8.38. The van der Waals surface area contributed by atoms with E-state index in [4.69, 9.17) is 0 Å². The molecule has 1 aromatic carbocycles. The molecule has 1 rings (SSSR count). The van der Waals surface area contributed by atoms with E-state index in [-0.39, 0.29) is 5.54 Å². The van der Waals surface area contributed by atoms with E-state index in [2.05, 4.69) is 69.3 Å². The summed E-state index contributed by atoms with van der Waals surface area (Å²) < 4.78 is 0. The number of rotatable bonds is 6. The van der Waals surface area contributed by atoms with Gasteiger partial charge in [0.1, 0.15) is 0 Å². The molecule has 18 heavy (non-hydrogen) atoms. The molecule has 0 saturated carbocycles.